The molecule has 0 radical (unpaired) electrons. The number of carbonyl (C=O) groups excluding carboxylic acids is 1. The lowest BCUT2D eigenvalue weighted by Crippen LogP contribution is -2.51. The minimum atomic E-state index is -0.146. The minimum Gasteiger partial charge on any atom is -0.378 e. The van der Waals surface area contributed by atoms with Crippen molar-refractivity contribution < 1.29 is 9.53 Å². The molecule has 0 aromatic heterocycles. The highest BCUT2D eigenvalue weighted by molar-refractivity contribution is 5.81. The Morgan fingerprint density at radius 3 is 2.56 bits per heavy atom. The summed E-state index contributed by atoms with van der Waals surface area (Å²) in [6.45, 7) is 2.85. The summed E-state index contributed by atoms with van der Waals surface area (Å²) in [7, 11) is 0. The summed E-state index contributed by atoms with van der Waals surface area (Å²) < 4.78 is 5.31. The van der Waals surface area contributed by atoms with Crippen molar-refractivity contribution in [2.45, 2.75) is 51.0 Å². The van der Waals surface area contributed by atoms with Crippen molar-refractivity contribution in [2.24, 2.45) is 5.92 Å². The summed E-state index contributed by atoms with van der Waals surface area (Å²) in [6.07, 6.45) is 9.31. The summed E-state index contributed by atoms with van der Waals surface area (Å²) in [6, 6.07) is -0.146. The van der Waals surface area contributed by atoms with Gasteiger partial charge in [0.2, 0.25) is 5.91 Å². The van der Waals surface area contributed by atoms with E-state index in [2.05, 4.69) is 10.6 Å². The number of nitrogens with one attached hydrogen (secondary N) is 2. The molecule has 1 aliphatic carbocycles. The first-order valence-corrected chi connectivity index (χ1v) is 7.45. The smallest absolute Gasteiger partial charge is 0.239 e. The molecule has 1 unspecified atom stereocenters. The van der Waals surface area contributed by atoms with Crippen molar-refractivity contribution >= 4 is 5.91 Å². The molecule has 1 aliphatic heterocycles. The molecule has 0 aromatic carbocycles. The number of amides is 1. The van der Waals surface area contributed by atoms with E-state index in [1.807, 2.05) is 0 Å². The third-order valence-electron chi connectivity index (χ3n) is 4.03. The lowest BCUT2D eigenvalue weighted by Gasteiger charge is -2.25. The van der Waals surface area contributed by atoms with Gasteiger partial charge in [0.1, 0.15) is 6.04 Å². The third kappa shape index (κ3) is 4.58. The molecule has 4 heteroatoms. The molecule has 1 atom stereocenters. The molecular formula is C14H26N2O2. The molecule has 0 aromatic rings. The Morgan fingerprint density at radius 1 is 1.17 bits per heavy atom. The molecule has 104 valence electrons. The molecule has 2 N–H and O–H groups in total. The van der Waals surface area contributed by atoms with Crippen LogP contribution in [0.4, 0.5) is 0 Å². The quantitative estimate of drug-likeness (QED) is 0.801. The van der Waals surface area contributed by atoms with Crippen molar-refractivity contribution in [3.8, 4) is 0 Å². The molecule has 0 bridgehead atoms. The summed E-state index contributed by atoms with van der Waals surface area (Å²) in [5.41, 5.74) is 0. The summed E-state index contributed by atoms with van der Waals surface area (Å²) in [5, 5.41) is 6.28. The average Bonchev–Trinajstić information content (AvgIpc) is 2.38. The van der Waals surface area contributed by atoms with Crippen LogP contribution in [0.5, 0.6) is 0 Å². The van der Waals surface area contributed by atoms with E-state index < -0.39 is 0 Å². The van der Waals surface area contributed by atoms with Gasteiger partial charge >= 0.3 is 0 Å². The maximum atomic E-state index is 11.9. The Morgan fingerprint density at radius 2 is 1.89 bits per heavy atom. The number of rotatable bonds is 3. The first-order chi connectivity index (χ1) is 8.86. The second kappa shape index (κ2) is 7.74. The van der Waals surface area contributed by atoms with Crippen LogP contribution in [0.1, 0.15) is 44.9 Å². The molecule has 1 heterocycles. The van der Waals surface area contributed by atoms with Crippen LogP contribution in [0.15, 0.2) is 0 Å². The molecule has 4 nitrogen and oxygen atoms in total. The van der Waals surface area contributed by atoms with Gasteiger partial charge in [-0.25, -0.2) is 0 Å². The van der Waals surface area contributed by atoms with Gasteiger partial charge < -0.3 is 15.4 Å². The highest BCUT2D eigenvalue weighted by atomic mass is 16.5. The summed E-state index contributed by atoms with van der Waals surface area (Å²) in [5.74, 6) is 0.788. The first kappa shape index (κ1) is 13.8. The van der Waals surface area contributed by atoms with Gasteiger partial charge in [-0.1, -0.05) is 32.1 Å². The average molecular weight is 254 g/mol. The lowest BCUT2D eigenvalue weighted by molar-refractivity contribution is -0.126. The zero-order chi connectivity index (χ0) is 12.6. The van der Waals surface area contributed by atoms with E-state index in [9.17, 15) is 4.79 Å². The van der Waals surface area contributed by atoms with Gasteiger partial charge in [-0.2, -0.15) is 0 Å². The fraction of sp³-hybridized carbons (Fsp3) is 0.929. The first-order valence-electron chi connectivity index (χ1n) is 7.45. The molecule has 2 rings (SSSR count). The van der Waals surface area contributed by atoms with Gasteiger partial charge in [-0.15, -0.1) is 0 Å². The Hall–Kier alpha value is -0.610. The van der Waals surface area contributed by atoms with Gasteiger partial charge in [-0.05, 0) is 18.8 Å². The van der Waals surface area contributed by atoms with Crippen LogP contribution in [-0.4, -0.2) is 38.3 Å². The van der Waals surface area contributed by atoms with Gasteiger partial charge in [0.15, 0.2) is 0 Å². The van der Waals surface area contributed by atoms with Gasteiger partial charge in [0.25, 0.3) is 0 Å². The summed E-state index contributed by atoms with van der Waals surface area (Å²) >= 11 is 0. The fourth-order valence-electron chi connectivity index (χ4n) is 2.85. The lowest BCUT2D eigenvalue weighted by atomic mass is 9.91. The topological polar surface area (TPSA) is 50.4 Å². The number of morpholine rings is 1. The predicted molar refractivity (Wildman–Crippen MR) is 71.4 cm³/mol. The van der Waals surface area contributed by atoms with Crippen molar-refractivity contribution in [1.82, 2.24) is 10.6 Å². The van der Waals surface area contributed by atoms with E-state index >= 15 is 0 Å². The largest absolute Gasteiger partial charge is 0.378 e. The van der Waals surface area contributed by atoms with Crippen LogP contribution >= 0.6 is 0 Å². The number of hydrogen-bond acceptors (Lipinski definition) is 3. The molecule has 2 fully saturated rings. The zero-order valence-corrected chi connectivity index (χ0v) is 11.2. The Labute approximate surface area is 110 Å². The van der Waals surface area contributed by atoms with E-state index in [0.29, 0.717) is 19.1 Å². The molecule has 18 heavy (non-hydrogen) atoms. The molecule has 1 saturated heterocycles. The molecule has 1 saturated carbocycles. The fourth-order valence-corrected chi connectivity index (χ4v) is 2.85. The SMILES string of the molecule is O=C(NCC1CCCCCCC1)C1COCCN1. The number of carbonyl (C=O) groups is 1. The number of hydrogen-bond donors (Lipinski definition) is 2. The Bertz CT molecular complexity index is 244. The molecular weight excluding hydrogens is 228 g/mol. The number of ether oxygens (including phenoxy) is 1. The maximum Gasteiger partial charge on any atom is 0.239 e. The standard InChI is InChI=1S/C14H26N2O2/c17-14(13-11-18-9-8-15-13)16-10-12-6-4-2-1-3-5-7-12/h12-13,15H,1-11H2,(H,16,17). The highest BCUT2D eigenvalue weighted by Crippen LogP contribution is 2.21. The second-order valence-corrected chi connectivity index (χ2v) is 5.54. The van der Waals surface area contributed by atoms with E-state index in [4.69, 9.17) is 4.74 Å². The van der Waals surface area contributed by atoms with Crippen LogP contribution in [0.2, 0.25) is 0 Å². The Kier molecular flexibility index (Phi) is 5.94. The van der Waals surface area contributed by atoms with Gasteiger partial charge in [-0.3, -0.25) is 4.79 Å². The van der Waals surface area contributed by atoms with Crippen molar-refractivity contribution in [1.29, 1.82) is 0 Å². The van der Waals surface area contributed by atoms with Crippen molar-refractivity contribution in [3.63, 3.8) is 0 Å². The minimum absolute atomic E-state index is 0.108. The van der Waals surface area contributed by atoms with E-state index in [1.54, 1.807) is 0 Å². The highest BCUT2D eigenvalue weighted by Gasteiger charge is 2.21. The monoisotopic (exact) mass is 254 g/mol. The summed E-state index contributed by atoms with van der Waals surface area (Å²) in [4.78, 5) is 11.9. The van der Waals surface area contributed by atoms with Crippen LogP contribution in [0.3, 0.4) is 0 Å². The predicted octanol–water partition coefficient (Wildman–Crippen LogP) is 1.45. The van der Waals surface area contributed by atoms with Gasteiger partial charge in [0, 0.05) is 13.1 Å². The van der Waals surface area contributed by atoms with Crippen LogP contribution in [0, 0.1) is 5.92 Å². The second-order valence-electron chi connectivity index (χ2n) is 5.54. The zero-order valence-electron chi connectivity index (χ0n) is 11.2. The third-order valence-corrected chi connectivity index (χ3v) is 4.03. The van der Waals surface area contributed by atoms with Crippen LogP contribution < -0.4 is 10.6 Å². The molecule has 1 amide bonds. The van der Waals surface area contributed by atoms with E-state index in [0.717, 1.165) is 13.1 Å². The van der Waals surface area contributed by atoms with E-state index in [1.165, 1.54) is 44.9 Å². The Balaban J connectivity index is 1.67. The maximum absolute atomic E-state index is 11.9. The molecule has 2 aliphatic rings. The normalized spacial score (nSPS) is 27.2. The van der Waals surface area contributed by atoms with Crippen LogP contribution in [-0.2, 0) is 9.53 Å². The molecule has 0 spiro atoms. The van der Waals surface area contributed by atoms with Crippen molar-refractivity contribution in [3.05, 3.63) is 0 Å². The van der Waals surface area contributed by atoms with Gasteiger partial charge in [0.05, 0.1) is 13.2 Å². The van der Waals surface area contributed by atoms with Crippen LogP contribution in [0.25, 0.3) is 0 Å². The van der Waals surface area contributed by atoms with E-state index in [-0.39, 0.29) is 11.9 Å². The van der Waals surface area contributed by atoms with Crippen molar-refractivity contribution in [2.75, 3.05) is 26.3 Å².